The van der Waals surface area contributed by atoms with Crippen molar-refractivity contribution in [2.24, 2.45) is 0 Å². The van der Waals surface area contributed by atoms with Gasteiger partial charge in [0.1, 0.15) is 22.7 Å². The van der Waals surface area contributed by atoms with Gasteiger partial charge >= 0.3 is 6.16 Å². The third kappa shape index (κ3) is 2.96. The largest absolute Gasteiger partial charge is 0.513 e. The molecule has 0 radical (unpaired) electrons. The Kier molecular flexibility index (Phi) is 4.57. The van der Waals surface area contributed by atoms with E-state index in [-0.39, 0.29) is 18.1 Å². The van der Waals surface area contributed by atoms with Gasteiger partial charge in [-0.05, 0) is 37.2 Å². The Labute approximate surface area is 147 Å². The van der Waals surface area contributed by atoms with Gasteiger partial charge in [0.15, 0.2) is 0 Å². The maximum atomic E-state index is 11.9. The van der Waals surface area contributed by atoms with Crippen LogP contribution in [0.15, 0.2) is 45.7 Å². The summed E-state index contributed by atoms with van der Waals surface area (Å²) in [5.74, 6) is -0.914. The smallest absolute Gasteiger partial charge is 0.434 e. The molecule has 10 heteroatoms. The van der Waals surface area contributed by atoms with Crippen LogP contribution < -0.4 is 5.32 Å². The molecule has 2 aromatic rings. The van der Waals surface area contributed by atoms with Crippen LogP contribution in [0.1, 0.15) is 32.3 Å². The van der Waals surface area contributed by atoms with E-state index < -0.39 is 17.0 Å². The highest BCUT2D eigenvalue weighted by molar-refractivity contribution is 5.79. The van der Waals surface area contributed by atoms with Gasteiger partial charge in [-0.15, -0.1) is 0 Å². The zero-order valence-corrected chi connectivity index (χ0v) is 14.3. The van der Waals surface area contributed by atoms with E-state index in [4.69, 9.17) is 14.1 Å². The molecular weight excluding hydrogens is 344 g/mol. The number of hydrogen-bond donors (Lipinski definition) is 1. The van der Waals surface area contributed by atoms with Crippen LogP contribution in [0.2, 0.25) is 0 Å². The molecule has 1 aromatic carbocycles. The van der Waals surface area contributed by atoms with Crippen molar-refractivity contribution in [3.05, 3.63) is 56.7 Å². The zero-order valence-electron chi connectivity index (χ0n) is 14.3. The van der Waals surface area contributed by atoms with E-state index >= 15 is 0 Å². The molecule has 0 bridgehead atoms. The van der Waals surface area contributed by atoms with Gasteiger partial charge in [-0.3, -0.25) is 10.1 Å². The highest BCUT2D eigenvalue weighted by atomic mass is 16.7. The second-order valence-corrected chi connectivity index (χ2v) is 5.58. The van der Waals surface area contributed by atoms with Gasteiger partial charge in [0.2, 0.25) is 0 Å². The third-order valence-electron chi connectivity index (χ3n) is 3.94. The highest BCUT2D eigenvalue weighted by Gasteiger charge is 2.41. The Morgan fingerprint density at radius 1 is 1.35 bits per heavy atom. The van der Waals surface area contributed by atoms with Crippen molar-refractivity contribution in [3.8, 4) is 0 Å². The topological polar surface area (TPSA) is 130 Å². The number of hydrogen-bond acceptors (Lipinski definition) is 9. The maximum Gasteiger partial charge on any atom is 0.513 e. The summed E-state index contributed by atoms with van der Waals surface area (Å²) in [5.41, 5.74) is 1.86. The van der Waals surface area contributed by atoms with Crippen molar-refractivity contribution in [2.75, 3.05) is 6.61 Å². The molecule has 1 atom stereocenters. The SMILES string of the molecule is CCOC(=O)OC1=C(C)NC(C)=C([N+](=O)[O-])C1c1cccc2nonc12. The number of nitro groups is 1. The second kappa shape index (κ2) is 6.82. The van der Waals surface area contributed by atoms with Gasteiger partial charge in [-0.1, -0.05) is 12.1 Å². The third-order valence-corrected chi connectivity index (χ3v) is 3.94. The van der Waals surface area contributed by atoms with Gasteiger partial charge in [-0.25, -0.2) is 9.42 Å². The summed E-state index contributed by atoms with van der Waals surface area (Å²) in [6.45, 7) is 4.98. The molecule has 1 unspecified atom stereocenters. The lowest BCUT2D eigenvalue weighted by molar-refractivity contribution is -0.431. The van der Waals surface area contributed by atoms with E-state index in [1.807, 2.05) is 0 Å². The standard InChI is InChI=1S/C16H16N4O6/c1-4-24-16(21)25-15-9(3)17-8(2)14(20(22)23)12(15)10-6-5-7-11-13(10)19-26-18-11/h5-7,12,17H,4H2,1-3H3. The lowest BCUT2D eigenvalue weighted by Crippen LogP contribution is -2.30. The van der Waals surface area contributed by atoms with Crippen molar-refractivity contribution in [2.45, 2.75) is 26.7 Å². The molecule has 0 aliphatic carbocycles. The van der Waals surface area contributed by atoms with E-state index in [2.05, 4.69) is 15.6 Å². The first kappa shape index (κ1) is 17.4. The van der Waals surface area contributed by atoms with Crippen LogP contribution in [-0.2, 0) is 9.47 Å². The summed E-state index contributed by atoms with van der Waals surface area (Å²) in [6, 6.07) is 5.00. The number of benzene rings is 1. The normalized spacial score (nSPS) is 17.3. The predicted molar refractivity (Wildman–Crippen MR) is 88.2 cm³/mol. The summed E-state index contributed by atoms with van der Waals surface area (Å²) in [7, 11) is 0. The van der Waals surface area contributed by atoms with Crippen LogP contribution in [0.25, 0.3) is 11.0 Å². The number of carbonyl (C=O) groups is 1. The highest BCUT2D eigenvalue weighted by Crippen LogP contribution is 2.40. The monoisotopic (exact) mass is 360 g/mol. The lowest BCUT2D eigenvalue weighted by Gasteiger charge is -2.26. The number of aromatic nitrogens is 2. The molecule has 26 heavy (non-hydrogen) atoms. The summed E-state index contributed by atoms with van der Waals surface area (Å²) in [5, 5.41) is 22.2. The van der Waals surface area contributed by atoms with Crippen molar-refractivity contribution in [3.63, 3.8) is 0 Å². The number of ether oxygens (including phenoxy) is 2. The Bertz CT molecular complexity index is 945. The van der Waals surface area contributed by atoms with Crippen LogP contribution in [0.5, 0.6) is 0 Å². The number of carbonyl (C=O) groups excluding carboxylic acids is 1. The average molecular weight is 360 g/mol. The molecule has 3 rings (SSSR count). The molecule has 2 heterocycles. The summed E-state index contributed by atoms with van der Waals surface area (Å²) >= 11 is 0. The quantitative estimate of drug-likeness (QED) is 0.497. The van der Waals surface area contributed by atoms with E-state index in [0.29, 0.717) is 28.0 Å². The van der Waals surface area contributed by atoms with E-state index in [0.717, 1.165) is 0 Å². The average Bonchev–Trinajstić information content (AvgIpc) is 3.05. The molecule has 0 saturated heterocycles. The molecule has 0 saturated carbocycles. The van der Waals surface area contributed by atoms with Gasteiger partial charge < -0.3 is 14.8 Å². The van der Waals surface area contributed by atoms with E-state index in [1.54, 1.807) is 39.0 Å². The molecule has 1 aromatic heterocycles. The summed E-state index contributed by atoms with van der Waals surface area (Å²) in [4.78, 5) is 23.1. The van der Waals surface area contributed by atoms with Crippen LogP contribution in [0.3, 0.4) is 0 Å². The fourth-order valence-corrected chi connectivity index (χ4v) is 2.93. The van der Waals surface area contributed by atoms with Crippen molar-refractivity contribution in [1.29, 1.82) is 0 Å². The number of nitrogens with zero attached hydrogens (tertiary/aromatic N) is 3. The molecule has 0 fully saturated rings. The fraction of sp³-hybridized carbons (Fsp3) is 0.312. The number of allylic oxidation sites excluding steroid dienone is 2. The molecule has 136 valence electrons. The lowest BCUT2D eigenvalue weighted by atomic mass is 9.88. The van der Waals surface area contributed by atoms with Crippen molar-refractivity contribution < 1.29 is 23.8 Å². The molecule has 1 aliphatic rings. The van der Waals surface area contributed by atoms with Gasteiger partial charge in [0.25, 0.3) is 5.70 Å². The maximum absolute atomic E-state index is 11.9. The first-order valence-electron chi connectivity index (χ1n) is 7.82. The van der Waals surface area contributed by atoms with Crippen molar-refractivity contribution in [1.82, 2.24) is 15.6 Å². The second-order valence-electron chi connectivity index (χ2n) is 5.58. The Hall–Kier alpha value is -3.43. The minimum Gasteiger partial charge on any atom is -0.434 e. The summed E-state index contributed by atoms with van der Waals surface area (Å²) in [6.07, 6.45) is -0.943. The summed E-state index contributed by atoms with van der Waals surface area (Å²) < 4.78 is 14.9. The van der Waals surface area contributed by atoms with E-state index in [9.17, 15) is 14.9 Å². The number of rotatable bonds is 4. The fourth-order valence-electron chi connectivity index (χ4n) is 2.93. The molecule has 1 N–H and O–H groups in total. The Balaban J connectivity index is 2.19. The Morgan fingerprint density at radius 3 is 2.81 bits per heavy atom. The number of nitrogens with one attached hydrogen (secondary N) is 1. The predicted octanol–water partition coefficient (Wildman–Crippen LogP) is 2.82. The minimum absolute atomic E-state index is 0.0660. The first-order valence-corrected chi connectivity index (χ1v) is 7.82. The first-order chi connectivity index (χ1) is 12.4. The van der Waals surface area contributed by atoms with Crippen LogP contribution >= 0.6 is 0 Å². The molecule has 1 aliphatic heterocycles. The number of fused-ring (bicyclic) bond motifs is 1. The molecule has 0 spiro atoms. The number of dihydropyridines is 1. The van der Waals surface area contributed by atoms with Crippen LogP contribution in [-0.4, -0.2) is 28.0 Å². The molecule has 0 amide bonds. The van der Waals surface area contributed by atoms with Crippen LogP contribution in [0.4, 0.5) is 4.79 Å². The molecular formula is C16H16N4O6. The van der Waals surface area contributed by atoms with Gasteiger partial charge in [0, 0.05) is 5.56 Å². The minimum atomic E-state index is -0.980. The van der Waals surface area contributed by atoms with Gasteiger partial charge in [0.05, 0.1) is 22.9 Å². The Morgan fingerprint density at radius 2 is 2.12 bits per heavy atom. The van der Waals surface area contributed by atoms with Crippen molar-refractivity contribution >= 4 is 17.2 Å². The van der Waals surface area contributed by atoms with E-state index in [1.165, 1.54) is 0 Å². The van der Waals surface area contributed by atoms with Crippen LogP contribution in [0, 0.1) is 10.1 Å². The van der Waals surface area contributed by atoms with Gasteiger partial charge in [-0.2, -0.15) is 0 Å². The zero-order chi connectivity index (χ0) is 18.8. The molecule has 10 nitrogen and oxygen atoms in total.